The van der Waals surface area contributed by atoms with Crippen LogP contribution in [0, 0.1) is 10.8 Å². The summed E-state index contributed by atoms with van der Waals surface area (Å²) in [4.78, 5) is 2.29. The van der Waals surface area contributed by atoms with Crippen LogP contribution in [0.2, 0.25) is 12.6 Å². The minimum Gasteiger partial charge on any atom is -0.355 e. The predicted octanol–water partition coefficient (Wildman–Crippen LogP) is 6.57. The summed E-state index contributed by atoms with van der Waals surface area (Å²) in [5.41, 5.74) is 2.28. The van der Waals surface area contributed by atoms with Crippen LogP contribution in [0.5, 0.6) is 0 Å². The smallest absolute Gasteiger partial charge is 0.178 e. The summed E-state index contributed by atoms with van der Waals surface area (Å²) in [6, 6.07) is 0. The Hall–Kier alpha value is -0.915. The van der Waals surface area contributed by atoms with Crippen molar-refractivity contribution in [1.29, 1.82) is 0 Å². The average Bonchev–Trinajstić information content (AvgIpc) is 2.69. The zero-order chi connectivity index (χ0) is 17.5. The van der Waals surface area contributed by atoms with E-state index in [4.69, 9.17) is 0 Å². The average molecular weight is 315 g/mol. The molecule has 0 unspecified atom stereocenters. The van der Waals surface area contributed by atoms with Gasteiger partial charge in [-0.25, -0.2) is 0 Å². The SMILES string of the molecule is C=CN(/C=C(\C=C/C)B1CC(C)(C)C(C)(C)C1)CCCCCC. The Labute approximate surface area is 146 Å². The number of unbranched alkanes of at least 4 members (excludes halogenated alkanes) is 3. The second-order valence-electron chi connectivity index (χ2n) is 8.48. The number of nitrogens with zero attached hydrogens (tertiary/aromatic N) is 1. The quantitative estimate of drug-likeness (QED) is 0.264. The molecule has 1 saturated heterocycles. The molecule has 1 aliphatic rings. The molecular weight excluding hydrogens is 277 g/mol. The van der Waals surface area contributed by atoms with Gasteiger partial charge in [0.25, 0.3) is 0 Å². The third-order valence-electron chi connectivity index (χ3n) is 6.00. The van der Waals surface area contributed by atoms with Crippen LogP contribution in [-0.4, -0.2) is 18.2 Å². The Bertz CT molecular complexity index is 415. The molecule has 0 aromatic carbocycles. The van der Waals surface area contributed by atoms with E-state index in [-0.39, 0.29) is 0 Å². The van der Waals surface area contributed by atoms with Gasteiger partial charge in [-0.3, -0.25) is 0 Å². The van der Waals surface area contributed by atoms with E-state index in [0.29, 0.717) is 17.5 Å². The molecule has 0 spiro atoms. The summed E-state index contributed by atoms with van der Waals surface area (Å²) >= 11 is 0. The lowest BCUT2D eigenvalue weighted by atomic mass is 9.41. The Morgan fingerprint density at radius 3 is 2.17 bits per heavy atom. The summed E-state index contributed by atoms with van der Waals surface area (Å²) in [6.07, 6.45) is 16.6. The van der Waals surface area contributed by atoms with Crippen LogP contribution >= 0.6 is 0 Å². The van der Waals surface area contributed by atoms with Crippen LogP contribution in [0.4, 0.5) is 0 Å². The van der Waals surface area contributed by atoms with E-state index in [1.54, 1.807) is 0 Å². The van der Waals surface area contributed by atoms with Crippen molar-refractivity contribution in [1.82, 2.24) is 4.90 Å². The zero-order valence-electron chi connectivity index (χ0n) is 16.5. The van der Waals surface area contributed by atoms with E-state index in [0.717, 1.165) is 6.54 Å². The van der Waals surface area contributed by atoms with E-state index in [1.165, 1.54) is 43.8 Å². The van der Waals surface area contributed by atoms with Crippen molar-refractivity contribution in [3.05, 3.63) is 36.6 Å². The maximum Gasteiger partial charge on any atom is 0.178 e. The first-order chi connectivity index (χ1) is 10.8. The molecule has 1 rings (SSSR count). The zero-order valence-corrected chi connectivity index (χ0v) is 16.5. The molecule has 1 nitrogen and oxygen atoms in total. The van der Waals surface area contributed by atoms with Gasteiger partial charge in [0.2, 0.25) is 0 Å². The predicted molar refractivity (Wildman–Crippen MR) is 107 cm³/mol. The third kappa shape index (κ3) is 5.58. The summed E-state index contributed by atoms with van der Waals surface area (Å²) < 4.78 is 0. The van der Waals surface area contributed by atoms with Crippen molar-refractivity contribution in [2.45, 2.75) is 79.9 Å². The Balaban J connectivity index is 2.82. The molecule has 1 fully saturated rings. The number of allylic oxidation sites excluding steroid dienone is 3. The van der Waals surface area contributed by atoms with Crippen molar-refractivity contribution in [2.24, 2.45) is 10.8 Å². The van der Waals surface area contributed by atoms with Crippen LogP contribution in [-0.2, 0) is 0 Å². The summed E-state index contributed by atoms with van der Waals surface area (Å²) in [5.74, 6) is 0. The Morgan fingerprint density at radius 1 is 1.09 bits per heavy atom. The molecule has 0 saturated carbocycles. The van der Waals surface area contributed by atoms with Crippen molar-refractivity contribution < 1.29 is 0 Å². The fourth-order valence-corrected chi connectivity index (χ4v) is 3.69. The van der Waals surface area contributed by atoms with Gasteiger partial charge in [-0.2, -0.15) is 0 Å². The lowest BCUT2D eigenvalue weighted by molar-refractivity contribution is 0.177. The van der Waals surface area contributed by atoms with Gasteiger partial charge >= 0.3 is 0 Å². The van der Waals surface area contributed by atoms with E-state index in [1.807, 2.05) is 6.20 Å². The van der Waals surface area contributed by atoms with Gasteiger partial charge in [-0.15, -0.1) is 0 Å². The minimum atomic E-state index is 0.401. The molecule has 0 atom stereocenters. The molecule has 23 heavy (non-hydrogen) atoms. The van der Waals surface area contributed by atoms with Gasteiger partial charge in [0.05, 0.1) is 0 Å². The van der Waals surface area contributed by atoms with Gasteiger partial charge in [-0.05, 0) is 36.6 Å². The maximum absolute atomic E-state index is 4.01. The van der Waals surface area contributed by atoms with Crippen LogP contribution in [0.3, 0.4) is 0 Å². The van der Waals surface area contributed by atoms with Crippen molar-refractivity contribution >= 4 is 6.71 Å². The molecular formula is C21H38BN. The molecule has 0 aliphatic carbocycles. The number of hydrogen-bond acceptors (Lipinski definition) is 1. The Kier molecular flexibility index (Phi) is 7.70. The highest BCUT2D eigenvalue weighted by atomic mass is 15.1. The van der Waals surface area contributed by atoms with Gasteiger partial charge in [0.1, 0.15) is 0 Å². The summed E-state index contributed by atoms with van der Waals surface area (Å²) in [7, 11) is 0. The Morgan fingerprint density at radius 2 is 1.70 bits per heavy atom. The topological polar surface area (TPSA) is 3.24 Å². The van der Waals surface area contributed by atoms with E-state index < -0.39 is 0 Å². The van der Waals surface area contributed by atoms with Crippen LogP contribution in [0.25, 0.3) is 0 Å². The van der Waals surface area contributed by atoms with Gasteiger partial charge in [-0.1, -0.05) is 90.7 Å². The molecule has 2 heteroatoms. The molecule has 130 valence electrons. The minimum absolute atomic E-state index is 0.401. The van der Waals surface area contributed by atoms with Crippen LogP contribution in [0.15, 0.2) is 36.6 Å². The molecule has 0 N–H and O–H groups in total. The normalized spacial score (nSPS) is 20.3. The summed E-state index contributed by atoms with van der Waals surface area (Å²) in [6.45, 7) is 19.9. The van der Waals surface area contributed by atoms with Gasteiger partial charge < -0.3 is 4.90 Å². The molecule has 0 amide bonds. The van der Waals surface area contributed by atoms with Gasteiger partial charge in [0.15, 0.2) is 6.71 Å². The lowest BCUT2D eigenvalue weighted by Crippen LogP contribution is -2.24. The molecule has 0 radical (unpaired) electrons. The first kappa shape index (κ1) is 20.1. The van der Waals surface area contributed by atoms with Crippen molar-refractivity contribution in [2.75, 3.05) is 6.54 Å². The monoisotopic (exact) mass is 315 g/mol. The van der Waals surface area contributed by atoms with Crippen molar-refractivity contribution in [3.63, 3.8) is 0 Å². The third-order valence-corrected chi connectivity index (χ3v) is 6.00. The second-order valence-corrected chi connectivity index (χ2v) is 8.48. The first-order valence-corrected chi connectivity index (χ1v) is 9.50. The number of rotatable bonds is 9. The fourth-order valence-electron chi connectivity index (χ4n) is 3.69. The highest BCUT2D eigenvalue weighted by Crippen LogP contribution is 2.54. The van der Waals surface area contributed by atoms with Crippen molar-refractivity contribution in [3.8, 4) is 0 Å². The molecule has 0 bridgehead atoms. The van der Waals surface area contributed by atoms with E-state index in [2.05, 4.69) is 71.4 Å². The summed E-state index contributed by atoms with van der Waals surface area (Å²) in [5, 5.41) is 0. The molecule has 0 aromatic heterocycles. The highest BCUT2D eigenvalue weighted by Gasteiger charge is 2.48. The van der Waals surface area contributed by atoms with E-state index >= 15 is 0 Å². The maximum atomic E-state index is 4.01. The molecule has 1 heterocycles. The second kappa shape index (κ2) is 8.80. The lowest BCUT2D eigenvalue weighted by Gasteiger charge is -2.35. The largest absolute Gasteiger partial charge is 0.355 e. The molecule has 0 aromatic rings. The first-order valence-electron chi connectivity index (χ1n) is 9.50. The fraction of sp³-hybridized carbons (Fsp3) is 0.714. The molecule has 1 aliphatic heterocycles. The van der Waals surface area contributed by atoms with E-state index in [9.17, 15) is 0 Å². The van der Waals surface area contributed by atoms with Crippen LogP contribution < -0.4 is 0 Å². The standard InChI is InChI=1S/C21H38BN/c1-8-11-12-13-15-23(10-3)16-19(14-9-2)22-17-20(4,5)21(6,7)18-22/h9-10,14,16H,3,8,11-13,15,17-18H2,1-2,4-7H3/b14-9-,19-16+. The van der Waals surface area contributed by atoms with Gasteiger partial charge in [0, 0.05) is 6.54 Å². The number of hydrogen-bond donors (Lipinski definition) is 0. The van der Waals surface area contributed by atoms with Crippen LogP contribution in [0.1, 0.15) is 67.2 Å². The highest BCUT2D eigenvalue weighted by molar-refractivity contribution is 6.68.